The molecular formula is C19H21NO4. The van der Waals surface area contributed by atoms with Gasteiger partial charge in [-0.25, -0.2) is 4.79 Å². The first kappa shape index (κ1) is 17.5. The van der Waals surface area contributed by atoms with Gasteiger partial charge in [-0.1, -0.05) is 42.4 Å². The van der Waals surface area contributed by atoms with Crippen LogP contribution in [0.3, 0.4) is 0 Å². The average Bonchev–Trinajstić information content (AvgIpc) is 2.85. The van der Waals surface area contributed by atoms with Crippen LogP contribution < -0.4 is 4.74 Å². The van der Waals surface area contributed by atoms with Crippen LogP contribution in [0.2, 0.25) is 0 Å². The van der Waals surface area contributed by atoms with Gasteiger partial charge < -0.3 is 14.7 Å². The number of ether oxygens (including phenoxy) is 1. The van der Waals surface area contributed by atoms with Crippen LogP contribution in [0.15, 0.2) is 64.9 Å². The summed E-state index contributed by atoms with van der Waals surface area (Å²) in [5.41, 5.74) is 3.06. The number of aliphatic carboxylic acids is 1. The second-order valence-corrected chi connectivity index (χ2v) is 5.23. The van der Waals surface area contributed by atoms with Crippen LogP contribution in [0.4, 0.5) is 0 Å². The van der Waals surface area contributed by atoms with Crippen LogP contribution in [0.25, 0.3) is 0 Å². The highest BCUT2D eigenvalue weighted by Crippen LogP contribution is 2.16. The van der Waals surface area contributed by atoms with Crippen molar-refractivity contribution in [3.8, 4) is 5.75 Å². The molecule has 0 bridgehead atoms. The minimum absolute atomic E-state index is 0.288. The molecule has 5 heteroatoms. The number of hydrogen-bond donors (Lipinski definition) is 1. The molecule has 1 N–H and O–H groups in total. The quantitative estimate of drug-likeness (QED) is 0.609. The lowest BCUT2D eigenvalue weighted by Gasteiger charge is -2.07. The van der Waals surface area contributed by atoms with Crippen molar-refractivity contribution in [3.63, 3.8) is 0 Å². The molecule has 1 aromatic rings. The molecule has 0 spiro atoms. The number of nitrogens with zero attached hydrogens (tertiary/aromatic N) is 1. The summed E-state index contributed by atoms with van der Waals surface area (Å²) in [4.78, 5) is 16.5. The number of hydrogen-bond acceptors (Lipinski definition) is 4. The Morgan fingerprint density at radius 2 is 2.04 bits per heavy atom. The Labute approximate surface area is 141 Å². The third-order valence-electron chi connectivity index (χ3n) is 3.63. The molecule has 1 aliphatic carbocycles. The Hall–Kier alpha value is -2.82. The fourth-order valence-electron chi connectivity index (χ4n) is 2.25. The van der Waals surface area contributed by atoms with Crippen LogP contribution in [-0.2, 0) is 16.2 Å². The maximum atomic E-state index is 11.0. The molecule has 2 rings (SSSR count). The zero-order valence-electron chi connectivity index (χ0n) is 13.9. The fourth-order valence-corrected chi connectivity index (χ4v) is 2.25. The van der Waals surface area contributed by atoms with Gasteiger partial charge in [0.2, 0.25) is 0 Å². The minimum Gasteiger partial charge on any atom is -0.497 e. The highest BCUT2D eigenvalue weighted by molar-refractivity contribution is 6.00. The first-order valence-corrected chi connectivity index (χ1v) is 7.77. The maximum absolute atomic E-state index is 11.0. The standard InChI is InChI=1S/C19H21NO4/c1-3-18(15-5-4-6-16(10-9-15)19(21)22)20-24-13-14-7-11-17(23-2)12-8-14/h4-8,10-12H,3,9,13H2,1-2H3,(H,21,22)/b20-18+. The van der Waals surface area contributed by atoms with E-state index in [4.69, 9.17) is 14.7 Å². The van der Waals surface area contributed by atoms with Gasteiger partial charge in [0.25, 0.3) is 0 Å². The van der Waals surface area contributed by atoms with E-state index in [0.29, 0.717) is 19.4 Å². The van der Waals surface area contributed by atoms with Crippen molar-refractivity contribution >= 4 is 11.7 Å². The molecule has 24 heavy (non-hydrogen) atoms. The van der Waals surface area contributed by atoms with Crippen LogP contribution in [0.1, 0.15) is 25.3 Å². The predicted molar refractivity (Wildman–Crippen MR) is 93.1 cm³/mol. The summed E-state index contributed by atoms with van der Waals surface area (Å²) < 4.78 is 5.12. The molecule has 0 aliphatic heterocycles. The molecular weight excluding hydrogens is 306 g/mol. The first-order chi connectivity index (χ1) is 11.6. The number of oxime groups is 1. The van der Waals surface area contributed by atoms with Crippen molar-refractivity contribution in [2.75, 3.05) is 7.11 Å². The number of benzene rings is 1. The van der Waals surface area contributed by atoms with Gasteiger partial charge in [0.1, 0.15) is 12.4 Å². The van der Waals surface area contributed by atoms with Crippen molar-refractivity contribution < 1.29 is 19.5 Å². The molecule has 0 atom stereocenters. The van der Waals surface area contributed by atoms with E-state index in [2.05, 4.69) is 5.16 Å². The van der Waals surface area contributed by atoms with Crippen LogP contribution in [0.5, 0.6) is 5.75 Å². The SMILES string of the molecule is CC/C(=N\OCc1ccc(OC)cc1)C1=CC=CC(C(=O)O)=CC1. The number of rotatable bonds is 7. The summed E-state index contributed by atoms with van der Waals surface area (Å²) in [6.45, 7) is 2.36. The highest BCUT2D eigenvalue weighted by Gasteiger charge is 2.10. The van der Waals surface area contributed by atoms with Gasteiger partial charge in [-0.05, 0) is 42.2 Å². The van der Waals surface area contributed by atoms with Crippen LogP contribution in [-0.4, -0.2) is 23.9 Å². The topological polar surface area (TPSA) is 68.1 Å². The van der Waals surface area contributed by atoms with Crippen molar-refractivity contribution in [1.82, 2.24) is 0 Å². The summed E-state index contributed by atoms with van der Waals surface area (Å²) in [5, 5.41) is 13.3. The molecule has 0 fully saturated rings. The van der Waals surface area contributed by atoms with Crippen LogP contribution in [0, 0.1) is 0 Å². The van der Waals surface area contributed by atoms with Crippen LogP contribution >= 0.6 is 0 Å². The van der Waals surface area contributed by atoms with Crippen molar-refractivity contribution in [3.05, 3.63) is 65.3 Å². The molecule has 0 saturated carbocycles. The Morgan fingerprint density at radius 3 is 2.67 bits per heavy atom. The zero-order valence-corrected chi connectivity index (χ0v) is 13.9. The summed E-state index contributed by atoms with van der Waals surface area (Å²) >= 11 is 0. The molecule has 5 nitrogen and oxygen atoms in total. The second-order valence-electron chi connectivity index (χ2n) is 5.23. The molecule has 1 aromatic carbocycles. The Kier molecular flexibility index (Phi) is 6.37. The lowest BCUT2D eigenvalue weighted by molar-refractivity contribution is -0.132. The number of carbonyl (C=O) groups is 1. The molecule has 0 radical (unpaired) electrons. The largest absolute Gasteiger partial charge is 0.497 e. The second kappa shape index (κ2) is 8.72. The number of methoxy groups -OCH3 is 1. The lowest BCUT2D eigenvalue weighted by atomic mass is 10.0. The summed E-state index contributed by atoms with van der Waals surface area (Å²) in [5.74, 6) is -0.125. The average molecular weight is 327 g/mol. The molecule has 0 aromatic heterocycles. The summed E-state index contributed by atoms with van der Waals surface area (Å²) in [6, 6.07) is 7.60. The molecule has 0 unspecified atom stereocenters. The van der Waals surface area contributed by atoms with Crippen molar-refractivity contribution in [1.29, 1.82) is 0 Å². The van der Waals surface area contributed by atoms with E-state index in [1.54, 1.807) is 25.3 Å². The van der Waals surface area contributed by atoms with Gasteiger partial charge in [-0.2, -0.15) is 0 Å². The van der Waals surface area contributed by atoms with E-state index < -0.39 is 5.97 Å². The maximum Gasteiger partial charge on any atom is 0.335 e. The highest BCUT2D eigenvalue weighted by atomic mass is 16.6. The summed E-state index contributed by atoms with van der Waals surface area (Å²) in [6.07, 6.45) is 8.11. The van der Waals surface area contributed by atoms with Gasteiger partial charge in [0, 0.05) is 0 Å². The molecule has 1 aliphatic rings. The van der Waals surface area contributed by atoms with Crippen molar-refractivity contribution in [2.45, 2.75) is 26.4 Å². The third kappa shape index (κ3) is 4.84. The minimum atomic E-state index is -0.924. The van der Waals surface area contributed by atoms with Gasteiger partial charge in [0.15, 0.2) is 0 Å². The molecule has 0 saturated heterocycles. The van der Waals surface area contributed by atoms with E-state index in [1.165, 1.54) is 0 Å². The number of carboxylic acids is 1. The zero-order chi connectivity index (χ0) is 17.4. The van der Waals surface area contributed by atoms with E-state index in [1.807, 2.05) is 37.3 Å². The monoisotopic (exact) mass is 327 g/mol. The van der Waals surface area contributed by atoms with E-state index in [-0.39, 0.29) is 5.57 Å². The molecule has 0 amide bonds. The van der Waals surface area contributed by atoms with Crippen molar-refractivity contribution in [2.24, 2.45) is 5.16 Å². The van der Waals surface area contributed by atoms with Gasteiger partial charge in [-0.15, -0.1) is 0 Å². The first-order valence-electron chi connectivity index (χ1n) is 7.77. The predicted octanol–water partition coefficient (Wildman–Crippen LogP) is 3.88. The van der Waals surface area contributed by atoms with Gasteiger partial charge in [-0.3, -0.25) is 0 Å². The number of allylic oxidation sites excluding steroid dienone is 4. The third-order valence-corrected chi connectivity index (χ3v) is 3.63. The number of carboxylic acid groups (broad SMARTS) is 1. The van der Waals surface area contributed by atoms with E-state index >= 15 is 0 Å². The normalized spacial score (nSPS) is 14.5. The Morgan fingerprint density at radius 1 is 1.29 bits per heavy atom. The molecule has 0 heterocycles. The van der Waals surface area contributed by atoms with Gasteiger partial charge in [0.05, 0.1) is 18.4 Å². The van der Waals surface area contributed by atoms with E-state index in [9.17, 15) is 4.79 Å². The fraction of sp³-hybridized carbons (Fsp3) is 0.263. The van der Waals surface area contributed by atoms with Gasteiger partial charge >= 0.3 is 5.97 Å². The molecule has 126 valence electrons. The summed E-state index contributed by atoms with van der Waals surface area (Å²) in [7, 11) is 1.63. The Bertz CT molecular complexity index is 697. The Balaban J connectivity index is 2.00. The smallest absolute Gasteiger partial charge is 0.335 e. The van der Waals surface area contributed by atoms with E-state index in [0.717, 1.165) is 22.6 Å². The lowest BCUT2D eigenvalue weighted by Crippen LogP contribution is -2.03.